The van der Waals surface area contributed by atoms with E-state index in [1.165, 1.54) is 11.3 Å². The van der Waals surface area contributed by atoms with Gasteiger partial charge in [-0.25, -0.2) is 4.98 Å². The Morgan fingerprint density at radius 2 is 2.33 bits per heavy atom. The molecule has 1 fully saturated rings. The van der Waals surface area contributed by atoms with E-state index >= 15 is 0 Å². The highest BCUT2D eigenvalue weighted by Gasteiger charge is 2.24. The van der Waals surface area contributed by atoms with Crippen molar-refractivity contribution in [2.24, 2.45) is 10.9 Å². The normalized spacial score (nSPS) is 19.3. The molecule has 5 nitrogen and oxygen atoms in total. The molecule has 0 spiro atoms. The van der Waals surface area contributed by atoms with Crippen LogP contribution >= 0.6 is 11.3 Å². The van der Waals surface area contributed by atoms with E-state index < -0.39 is 0 Å². The van der Waals surface area contributed by atoms with Crippen LogP contribution in [0.5, 0.6) is 0 Å². The summed E-state index contributed by atoms with van der Waals surface area (Å²) in [5, 5.41) is 4.55. The number of likely N-dealkylation sites (tertiary alicyclic amines) is 1. The molecule has 1 unspecified atom stereocenters. The third-order valence-corrected chi connectivity index (χ3v) is 4.90. The van der Waals surface area contributed by atoms with Crippen LogP contribution in [0, 0.1) is 19.8 Å². The zero-order valence-corrected chi connectivity index (χ0v) is 14.3. The number of nitrogens with zero attached hydrogens (tertiary/aromatic N) is 3. The lowest BCUT2D eigenvalue weighted by Crippen LogP contribution is -2.39. The van der Waals surface area contributed by atoms with Gasteiger partial charge in [0, 0.05) is 37.5 Å². The van der Waals surface area contributed by atoms with Crippen molar-refractivity contribution < 1.29 is 4.74 Å². The fourth-order valence-corrected chi connectivity index (χ4v) is 3.42. The Morgan fingerprint density at radius 3 is 2.95 bits per heavy atom. The molecule has 0 aromatic carbocycles. The van der Waals surface area contributed by atoms with Gasteiger partial charge in [-0.15, -0.1) is 11.3 Å². The molecular formula is C15H26N4OS. The van der Waals surface area contributed by atoms with Gasteiger partial charge in [-0.1, -0.05) is 0 Å². The van der Waals surface area contributed by atoms with E-state index in [1.807, 2.05) is 14.0 Å². The Morgan fingerprint density at radius 1 is 1.52 bits per heavy atom. The first-order chi connectivity index (χ1) is 10.1. The highest BCUT2D eigenvalue weighted by atomic mass is 32.1. The lowest BCUT2D eigenvalue weighted by atomic mass is 10.1. The van der Waals surface area contributed by atoms with E-state index in [1.54, 1.807) is 11.3 Å². The Bertz CT molecular complexity index is 467. The molecular weight excluding hydrogens is 284 g/mol. The fraction of sp³-hybridized carbons (Fsp3) is 0.733. The number of hydrogen-bond acceptors (Lipinski definition) is 4. The van der Waals surface area contributed by atoms with Gasteiger partial charge in [0.1, 0.15) is 5.01 Å². The van der Waals surface area contributed by atoms with Crippen molar-refractivity contribution in [1.82, 2.24) is 15.2 Å². The number of nitrogens with one attached hydrogen (secondary N) is 1. The van der Waals surface area contributed by atoms with Crippen molar-refractivity contribution in [3.05, 3.63) is 15.6 Å². The molecule has 1 N–H and O–H groups in total. The summed E-state index contributed by atoms with van der Waals surface area (Å²) in [6.45, 7) is 10.7. The quantitative estimate of drug-likeness (QED) is 0.669. The number of rotatable bonds is 5. The molecule has 1 aromatic heterocycles. The minimum absolute atomic E-state index is 0.618. The molecule has 1 aromatic rings. The van der Waals surface area contributed by atoms with Crippen molar-refractivity contribution in [2.45, 2.75) is 33.7 Å². The number of hydrogen-bond donors (Lipinski definition) is 1. The van der Waals surface area contributed by atoms with Crippen LogP contribution in [0.25, 0.3) is 0 Å². The third-order valence-electron chi connectivity index (χ3n) is 3.83. The van der Waals surface area contributed by atoms with Crippen molar-refractivity contribution in [3.63, 3.8) is 0 Å². The molecule has 1 atom stereocenters. The summed E-state index contributed by atoms with van der Waals surface area (Å²) in [4.78, 5) is 12.6. The lowest BCUT2D eigenvalue weighted by molar-refractivity contribution is 0.114. The van der Waals surface area contributed by atoms with Crippen LogP contribution in [-0.4, -0.2) is 49.2 Å². The van der Waals surface area contributed by atoms with E-state index in [0.717, 1.165) is 49.5 Å². The monoisotopic (exact) mass is 310 g/mol. The van der Waals surface area contributed by atoms with Crippen molar-refractivity contribution in [2.75, 3.05) is 33.4 Å². The van der Waals surface area contributed by atoms with Gasteiger partial charge in [-0.05, 0) is 27.2 Å². The maximum atomic E-state index is 5.53. The molecule has 6 heteroatoms. The van der Waals surface area contributed by atoms with E-state index in [4.69, 9.17) is 4.74 Å². The Balaban J connectivity index is 1.84. The molecule has 118 valence electrons. The van der Waals surface area contributed by atoms with Crippen molar-refractivity contribution in [1.29, 1.82) is 0 Å². The van der Waals surface area contributed by atoms with Gasteiger partial charge < -0.3 is 15.0 Å². The van der Waals surface area contributed by atoms with Crippen LogP contribution in [0.3, 0.4) is 0 Å². The SMILES string of the molecule is CCOCC1CCN(C(=NC)NCc2nc(C)c(C)s2)C1. The van der Waals surface area contributed by atoms with E-state index in [2.05, 4.69) is 34.0 Å². The van der Waals surface area contributed by atoms with Crippen LogP contribution in [0.15, 0.2) is 4.99 Å². The largest absolute Gasteiger partial charge is 0.381 e. The summed E-state index contributed by atoms with van der Waals surface area (Å²) in [5.41, 5.74) is 1.13. The predicted octanol–water partition coefficient (Wildman–Crippen LogP) is 2.19. The fourth-order valence-electron chi connectivity index (χ4n) is 2.55. The van der Waals surface area contributed by atoms with Crippen molar-refractivity contribution >= 4 is 17.3 Å². The second kappa shape index (κ2) is 7.75. The molecule has 21 heavy (non-hydrogen) atoms. The first-order valence-electron chi connectivity index (χ1n) is 7.60. The molecule has 0 amide bonds. The van der Waals surface area contributed by atoms with E-state index in [-0.39, 0.29) is 0 Å². The van der Waals surface area contributed by atoms with Crippen LogP contribution in [-0.2, 0) is 11.3 Å². The predicted molar refractivity (Wildman–Crippen MR) is 88.0 cm³/mol. The maximum absolute atomic E-state index is 5.53. The van der Waals surface area contributed by atoms with E-state index in [0.29, 0.717) is 5.92 Å². The number of ether oxygens (including phenoxy) is 1. The zero-order chi connectivity index (χ0) is 15.2. The molecule has 1 aliphatic rings. The van der Waals surface area contributed by atoms with Gasteiger partial charge in [0.25, 0.3) is 0 Å². The van der Waals surface area contributed by atoms with Crippen LogP contribution in [0.2, 0.25) is 0 Å². The summed E-state index contributed by atoms with van der Waals surface area (Å²) in [6, 6.07) is 0. The standard InChI is InChI=1S/C15H26N4OS/c1-5-20-10-13-6-7-19(9-13)15(16-4)17-8-14-18-11(2)12(3)21-14/h13H,5-10H2,1-4H3,(H,16,17). The summed E-state index contributed by atoms with van der Waals surface area (Å²) < 4.78 is 5.53. The number of thiazole rings is 1. The topological polar surface area (TPSA) is 49.8 Å². The van der Waals surface area contributed by atoms with Gasteiger partial charge in [0.2, 0.25) is 0 Å². The molecule has 1 aliphatic heterocycles. The zero-order valence-electron chi connectivity index (χ0n) is 13.5. The van der Waals surface area contributed by atoms with Gasteiger partial charge in [0.05, 0.1) is 18.8 Å². The van der Waals surface area contributed by atoms with Crippen molar-refractivity contribution in [3.8, 4) is 0 Å². The van der Waals surface area contributed by atoms with Gasteiger partial charge in [-0.3, -0.25) is 4.99 Å². The van der Waals surface area contributed by atoms with Crippen LogP contribution < -0.4 is 5.32 Å². The molecule has 1 saturated heterocycles. The second-order valence-electron chi connectivity index (χ2n) is 5.41. The highest BCUT2D eigenvalue weighted by molar-refractivity contribution is 7.11. The minimum Gasteiger partial charge on any atom is -0.381 e. The smallest absolute Gasteiger partial charge is 0.194 e. The Hall–Kier alpha value is -1.14. The number of aryl methyl sites for hydroxylation is 2. The molecule has 2 heterocycles. The van der Waals surface area contributed by atoms with Crippen LogP contribution in [0.4, 0.5) is 0 Å². The first-order valence-corrected chi connectivity index (χ1v) is 8.42. The van der Waals surface area contributed by atoms with Gasteiger partial charge >= 0.3 is 0 Å². The lowest BCUT2D eigenvalue weighted by Gasteiger charge is -2.21. The van der Waals surface area contributed by atoms with Gasteiger partial charge in [-0.2, -0.15) is 0 Å². The Labute approximate surface area is 131 Å². The molecule has 2 rings (SSSR count). The summed E-state index contributed by atoms with van der Waals surface area (Å²) in [5.74, 6) is 1.59. The first kappa shape index (κ1) is 16.2. The number of guanidine groups is 1. The summed E-state index contributed by atoms with van der Waals surface area (Å²) in [6.07, 6.45) is 1.18. The van der Waals surface area contributed by atoms with Crippen LogP contribution in [0.1, 0.15) is 28.9 Å². The molecule has 0 radical (unpaired) electrons. The number of aromatic nitrogens is 1. The summed E-state index contributed by atoms with van der Waals surface area (Å²) in [7, 11) is 1.84. The average molecular weight is 310 g/mol. The Kier molecular flexibility index (Phi) is 5.99. The molecule has 0 bridgehead atoms. The summed E-state index contributed by atoms with van der Waals surface area (Å²) >= 11 is 1.75. The second-order valence-corrected chi connectivity index (χ2v) is 6.70. The minimum atomic E-state index is 0.618. The highest BCUT2D eigenvalue weighted by Crippen LogP contribution is 2.18. The van der Waals surface area contributed by atoms with Gasteiger partial charge in [0.15, 0.2) is 5.96 Å². The maximum Gasteiger partial charge on any atom is 0.194 e. The van der Waals surface area contributed by atoms with E-state index in [9.17, 15) is 0 Å². The third kappa shape index (κ3) is 4.41. The molecule has 0 saturated carbocycles. The molecule has 0 aliphatic carbocycles. The number of aliphatic imine (C=N–C) groups is 1. The average Bonchev–Trinajstić information content (AvgIpc) is 3.05.